The third-order valence-corrected chi connectivity index (χ3v) is 6.35. The highest BCUT2D eigenvalue weighted by Crippen LogP contribution is 2.29. The van der Waals surface area contributed by atoms with Crippen molar-refractivity contribution in [2.24, 2.45) is 11.0 Å². The summed E-state index contributed by atoms with van der Waals surface area (Å²) in [7, 11) is 1.35. The minimum absolute atomic E-state index is 0.0126. The van der Waals surface area contributed by atoms with Crippen LogP contribution in [0.5, 0.6) is 0 Å². The van der Waals surface area contributed by atoms with E-state index in [9.17, 15) is 35.9 Å². The Hall–Kier alpha value is -1.44. The van der Waals surface area contributed by atoms with Gasteiger partial charge < -0.3 is 65.9 Å². The van der Waals surface area contributed by atoms with Gasteiger partial charge in [-0.3, -0.25) is 0 Å². The molecule has 8 N–H and O–H groups in total. The van der Waals surface area contributed by atoms with E-state index in [0.29, 0.717) is 25.9 Å². The van der Waals surface area contributed by atoms with E-state index in [1.54, 1.807) is 0 Å². The largest absolute Gasteiger partial charge is 0.737 e. The number of nitrogens with zero attached hydrogens (tertiary/aromatic N) is 3. The minimum atomic E-state index is -1.55. The van der Waals surface area contributed by atoms with Gasteiger partial charge in [0.25, 0.3) is 0 Å². The summed E-state index contributed by atoms with van der Waals surface area (Å²) in [5.41, 5.74) is 5.44. The number of rotatable bonds is 14. The highest BCUT2D eigenvalue weighted by Gasteiger charge is 2.50. The van der Waals surface area contributed by atoms with Gasteiger partial charge in [-0.2, -0.15) is 0 Å². The first-order valence-electron chi connectivity index (χ1n) is 12.0. The molecule has 2 fully saturated rings. The Morgan fingerprint density at radius 1 is 1.03 bits per heavy atom. The van der Waals surface area contributed by atoms with E-state index in [4.69, 9.17) is 24.7 Å². The third-order valence-electron chi connectivity index (χ3n) is 6.35. The van der Waals surface area contributed by atoms with Crippen LogP contribution < -0.4 is 11.1 Å². The van der Waals surface area contributed by atoms with Crippen LogP contribution in [0.3, 0.4) is 0 Å². The first-order chi connectivity index (χ1) is 17.2. The smallest absolute Gasteiger partial charge is 0.187 e. The Morgan fingerprint density at radius 2 is 1.69 bits per heavy atom. The maximum atomic E-state index is 11.5. The highest BCUT2D eigenvalue weighted by molar-refractivity contribution is 4.95. The second-order valence-corrected chi connectivity index (χ2v) is 8.86. The summed E-state index contributed by atoms with van der Waals surface area (Å²) in [4.78, 5) is -0.0126. The molecule has 0 aliphatic carbocycles. The summed E-state index contributed by atoms with van der Waals surface area (Å²) in [6.07, 6.45) is -10.8. The fraction of sp³-hybridized carbons (Fsp3) is 1.00. The van der Waals surface area contributed by atoms with E-state index in [2.05, 4.69) is 10.6 Å². The number of methoxy groups -OCH3 is 1. The number of nitrogens with one attached hydrogen (secondary N) is 1. The van der Waals surface area contributed by atoms with Crippen LogP contribution in [0.25, 0.3) is 0 Å². The van der Waals surface area contributed by atoms with E-state index in [-0.39, 0.29) is 24.6 Å². The van der Waals surface area contributed by atoms with Gasteiger partial charge in [-0.1, -0.05) is 0 Å². The molecule has 0 amide bonds. The molecular formula is C20H40N5O11-. The van der Waals surface area contributed by atoms with Crippen LogP contribution in [0.1, 0.15) is 19.8 Å². The number of hydrazine groups is 1. The van der Waals surface area contributed by atoms with E-state index >= 15 is 0 Å². The summed E-state index contributed by atoms with van der Waals surface area (Å²) in [6.45, 7) is 2.47. The number of nitrogens with two attached hydrogens (primary N) is 1. The molecule has 16 nitrogen and oxygen atoms in total. The van der Waals surface area contributed by atoms with Crippen LogP contribution in [-0.4, -0.2) is 143 Å². The summed E-state index contributed by atoms with van der Waals surface area (Å²) < 4.78 is 22.3. The van der Waals surface area contributed by atoms with Gasteiger partial charge in [0.2, 0.25) is 0 Å². The molecule has 0 bridgehead atoms. The Kier molecular flexibility index (Phi) is 12.9. The van der Waals surface area contributed by atoms with Gasteiger partial charge in [-0.25, -0.2) is 0 Å². The van der Waals surface area contributed by atoms with Gasteiger partial charge in [0.1, 0.15) is 48.8 Å². The first kappa shape index (κ1) is 30.8. The molecular weight excluding hydrogens is 486 g/mol. The average molecular weight is 527 g/mol. The fourth-order valence-electron chi connectivity index (χ4n) is 4.31. The molecule has 10 atom stereocenters. The van der Waals surface area contributed by atoms with Crippen LogP contribution in [0.4, 0.5) is 0 Å². The monoisotopic (exact) mass is 526 g/mol. The van der Waals surface area contributed by atoms with Crippen molar-refractivity contribution in [1.29, 1.82) is 0 Å². The van der Waals surface area contributed by atoms with E-state index in [1.165, 1.54) is 19.0 Å². The van der Waals surface area contributed by atoms with Crippen LogP contribution in [0, 0.1) is 10.4 Å². The first-order valence-corrected chi connectivity index (χ1v) is 12.0. The lowest BCUT2D eigenvalue weighted by atomic mass is 9.95. The number of hydrogen-bond acceptors (Lipinski definition) is 14. The zero-order chi connectivity index (χ0) is 26.8. The standard InChI is InChI=1S/C20H41N5O11/c1-11-14(27)15(28)19(13(10-26)34-11)36-20-17(30)16(29)18(33-2)12(35-20)9-22-6-4-8-24(7-3-5-21)25(32)23-31/h11-20,22,26-31H,3-10,21H2,1-2H3/p-1/b25-23-/t11-,12-,13-,14+,15-,16-,17-,18-,19?,20-/m1/s1. The second-order valence-electron chi connectivity index (χ2n) is 8.86. The lowest BCUT2D eigenvalue weighted by Crippen LogP contribution is -2.65. The summed E-state index contributed by atoms with van der Waals surface area (Å²) >= 11 is 0. The Morgan fingerprint density at radius 3 is 2.31 bits per heavy atom. The van der Waals surface area contributed by atoms with Crippen LogP contribution in [0.15, 0.2) is 5.28 Å². The van der Waals surface area contributed by atoms with Gasteiger partial charge >= 0.3 is 0 Å². The molecule has 0 aromatic heterocycles. The second kappa shape index (κ2) is 15.1. The fourth-order valence-corrected chi connectivity index (χ4v) is 4.31. The number of aliphatic hydroxyl groups is 5. The van der Waals surface area contributed by atoms with E-state index in [1.807, 2.05) is 0 Å². The lowest BCUT2D eigenvalue weighted by molar-refractivity contribution is -0.690. The van der Waals surface area contributed by atoms with Crippen LogP contribution >= 0.6 is 0 Å². The van der Waals surface area contributed by atoms with Crippen LogP contribution in [0.2, 0.25) is 0 Å². The highest BCUT2D eigenvalue weighted by atomic mass is 16.7. The van der Waals surface area contributed by atoms with Crippen molar-refractivity contribution in [3.8, 4) is 0 Å². The lowest BCUT2D eigenvalue weighted by Gasteiger charge is -2.46. The van der Waals surface area contributed by atoms with Gasteiger partial charge in [0, 0.05) is 18.6 Å². The Bertz CT molecular complexity index is 664. The van der Waals surface area contributed by atoms with Crippen molar-refractivity contribution in [2.45, 2.75) is 81.0 Å². The van der Waals surface area contributed by atoms with Crippen molar-refractivity contribution < 1.29 is 49.4 Å². The number of aliphatic hydroxyl groups excluding tert-OH is 5. The zero-order valence-electron chi connectivity index (χ0n) is 20.5. The van der Waals surface area contributed by atoms with Crippen molar-refractivity contribution in [2.75, 3.05) is 46.4 Å². The average Bonchev–Trinajstić information content (AvgIpc) is 2.88. The number of hydrogen-bond donors (Lipinski definition) is 7. The molecule has 0 radical (unpaired) electrons. The molecule has 36 heavy (non-hydrogen) atoms. The maximum absolute atomic E-state index is 11.5. The van der Waals surface area contributed by atoms with Crippen molar-refractivity contribution in [3.63, 3.8) is 0 Å². The predicted molar refractivity (Wildman–Crippen MR) is 122 cm³/mol. The van der Waals surface area contributed by atoms with Crippen molar-refractivity contribution >= 4 is 0 Å². The molecule has 2 aliphatic heterocycles. The molecule has 1 unspecified atom stereocenters. The predicted octanol–water partition coefficient (Wildman–Crippen LogP) is -3.66. The minimum Gasteiger partial charge on any atom is -0.737 e. The molecule has 212 valence electrons. The van der Waals surface area contributed by atoms with E-state index < -0.39 is 67.8 Å². The molecule has 0 aromatic carbocycles. The molecule has 2 heterocycles. The van der Waals surface area contributed by atoms with Crippen LogP contribution in [-0.2, 0) is 18.9 Å². The summed E-state index contributed by atoms with van der Waals surface area (Å²) in [5, 5.41) is 80.1. The van der Waals surface area contributed by atoms with Gasteiger partial charge in [-0.15, -0.1) is 5.01 Å². The van der Waals surface area contributed by atoms with E-state index in [0.717, 1.165) is 0 Å². The molecule has 0 aromatic rings. The molecule has 2 rings (SSSR count). The SMILES string of the molecule is CO[C@H]1[C@H](O)[C@@H](O)[C@@H](OC2[C@@H](CO)O[C@H](C)[C@H](O)[C@H]2O)O[C@@H]1CNCCCN(CCCN)/[N+]([O-])=N/[O-]. The Balaban J connectivity index is 1.95. The van der Waals surface area contributed by atoms with Gasteiger partial charge in [0.05, 0.1) is 25.8 Å². The third kappa shape index (κ3) is 7.78. The number of ether oxygens (including phenoxy) is 4. The van der Waals surface area contributed by atoms with Crippen molar-refractivity contribution in [3.05, 3.63) is 10.4 Å². The van der Waals surface area contributed by atoms with Gasteiger partial charge in [0.15, 0.2) is 6.29 Å². The van der Waals surface area contributed by atoms with Crippen molar-refractivity contribution in [1.82, 2.24) is 10.3 Å². The molecule has 0 spiro atoms. The Labute approximate surface area is 209 Å². The molecule has 2 saturated heterocycles. The zero-order valence-corrected chi connectivity index (χ0v) is 20.5. The summed E-state index contributed by atoms with van der Waals surface area (Å²) in [6, 6.07) is 0. The summed E-state index contributed by atoms with van der Waals surface area (Å²) in [5.74, 6) is 0. The topological polar surface area (TPSA) is 241 Å². The normalized spacial score (nSPS) is 37.7. The molecule has 16 heteroatoms. The molecule has 0 saturated carbocycles. The quantitative estimate of drug-likeness (QED) is 0.0499. The maximum Gasteiger partial charge on any atom is 0.187 e. The molecule has 2 aliphatic rings. The van der Waals surface area contributed by atoms with Gasteiger partial charge in [-0.05, 0) is 38.1 Å².